The van der Waals surface area contributed by atoms with Crippen LogP contribution in [0.5, 0.6) is 5.75 Å². The number of hydrogen-bond donors (Lipinski definition) is 0. The topological polar surface area (TPSA) is 80.3 Å². The largest absolute Gasteiger partial charge is 0.478 e. The highest BCUT2D eigenvalue weighted by Gasteiger charge is 2.47. The first-order valence-corrected chi connectivity index (χ1v) is 25.3. The van der Waals surface area contributed by atoms with E-state index in [0.717, 1.165) is 17.3 Å². The zero-order valence-electron chi connectivity index (χ0n) is 32.6. The summed E-state index contributed by atoms with van der Waals surface area (Å²) in [5.41, 5.74) is 1.17. The molecule has 0 aromatic heterocycles. The molecule has 0 radical (unpaired) electrons. The first kappa shape index (κ1) is 41.0. The molecular formula is C40H63BrO7Si2. The van der Waals surface area contributed by atoms with Gasteiger partial charge >= 0.3 is 11.9 Å². The van der Waals surface area contributed by atoms with Gasteiger partial charge in [0.05, 0.1) is 23.1 Å². The van der Waals surface area contributed by atoms with E-state index < -0.39 is 22.7 Å². The highest BCUT2D eigenvalue weighted by molar-refractivity contribution is 9.10. The van der Waals surface area contributed by atoms with Crippen molar-refractivity contribution in [3.05, 3.63) is 52.5 Å². The van der Waals surface area contributed by atoms with E-state index in [1.807, 2.05) is 31.2 Å². The predicted octanol–water partition coefficient (Wildman–Crippen LogP) is 10.6. The Morgan fingerprint density at radius 3 is 2.24 bits per heavy atom. The molecule has 0 saturated carbocycles. The van der Waals surface area contributed by atoms with Crippen LogP contribution in [0.1, 0.15) is 93.9 Å². The van der Waals surface area contributed by atoms with Gasteiger partial charge in [-0.2, -0.15) is 0 Å². The molecule has 1 heterocycles. The van der Waals surface area contributed by atoms with E-state index in [4.69, 9.17) is 23.1 Å². The highest BCUT2D eigenvalue weighted by Crippen LogP contribution is 2.47. The number of carbonyl (C=O) groups is 2. The molecule has 0 spiro atoms. The standard InChI is InChI=1S/C40H63BrO7Si2/c1-13-33(45-34-17-15-14-16-32(34)41)38(43)46-35-24-29(47-49(9,10)39(3,4)5)22-27-19-18-26(2)31(37(27)35)21-20-28-23-30(25-36(42)44-28)48-50(11,12)40(6,7)8/h14-19,22,26,28-31,33,35,37H,13,20-21,23-25H2,1-12H3/t26-,28+,29+,30+,31-,33?,35-,37-/m0/s1. The monoisotopic (exact) mass is 790 g/mol. The number of para-hydroxylation sites is 1. The minimum Gasteiger partial charge on any atom is -0.478 e. The number of cyclic esters (lactones) is 1. The summed E-state index contributed by atoms with van der Waals surface area (Å²) in [6, 6.07) is 7.57. The second-order valence-corrected chi connectivity index (χ2v) is 28.1. The van der Waals surface area contributed by atoms with Crippen molar-refractivity contribution in [2.24, 2.45) is 17.8 Å². The van der Waals surface area contributed by atoms with Crippen LogP contribution in [0, 0.1) is 17.8 Å². The maximum atomic E-state index is 13.9. The second-order valence-electron chi connectivity index (χ2n) is 17.8. The lowest BCUT2D eigenvalue weighted by atomic mass is 9.66. The third-order valence-electron chi connectivity index (χ3n) is 11.9. The van der Waals surface area contributed by atoms with Crippen LogP contribution < -0.4 is 4.74 Å². The zero-order valence-corrected chi connectivity index (χ0v) is 36.2. The lowest BCUT2D eigenvalue weighted by molar-refractivity contribution is -0.164. The number of halogens is 1. The Kier molecular flexibility index (Phi) is 13.2. The smallest absolute Gasteiger partial charge is 0.347 e. The molecule has 8 atom stereocenters. The molecule has 0 N–H and O–H groups in total. The summed E-state index contributed by atoms with van der Waals surface area (Å²) in [6.45, 7) is 26.6. The molecular weight excluding hydrogens is 729 g/mol. The summed E-state index contributed by atoms with van der Waals surface area (Å²) < 4.78 is 33.1. The molecule has 1 saturated heterocycles. The van der Waals surface area contributed by atoms with E-state index in [2.05, 4.69) is 109 Å². The molecule has 1 aromatic carbocycles. The van der Waals surface area contributed by atoms with E-state index in [0.29, 0.717) is 31.4 Å². The van der Waals surface area contributed by atoms with Crippen LogP contribution in [0.4, 0.5) is 0 Å². The number of ether oxygens (including phenoxy) is 3. The summed E-state index contributed by atoms with van der Waals surface area (Å²) in [5.74, 6) is 0.541. The summed E-state index contributed by atoms with van der Waals surface area (Å²) in [4.78, 5) is 26.7. The molecule has 3 aliphatic rings. The molecule has 2 aliphatic carbocycles. The van der Waals surface area contributed by atoms with Crippen molar-refractivity contribution in [3.63, 3.8) is 0 Å². The molecule has 7 nitrogen and oxygen atoms in total. The third kappa shape index (κ3) is 10.0. The minimum atomic E-state index is -2.11. The summed E-state index contributed by atoms with van der Waals surface area (Å²) in [5, 5.41) is 0.108. The number of carbonyl (C=O) groups excluding carboxylic acids is 2. The van der Waals surface area contributed by atoms with Crippen LogP contribution in [0.25, 0.3) is 0 Å². The number of fused-ring (bicyclic) bond motifs is 1. The van der Waals surface area contributed by atoms with Crippen molar-refractivity contribution in [1.29, 1.82) is 0 Å². The predicted molar refractivity (Wildman–Crippen MR) is 209 cm³/mol. The van der Waals surface area contributed by atoms with Gasteiger partial charge in [-0.3, -0.25) is 4.79 Å². The second kappa shape index (κ2) is 16.1. The van der Waals surface area contributed by atoms with Crippen LogP contribution in [-0.2, 0) is 27.9 Å². The van der Waals surface area contributed by atoms with Crippen LogP contribution in [0.15, 0.2) is 52.5 Å². The first-order valence-electron chi connectivity index (χ1n) is 18.7. The molecule has 1 unspecified atom stereocenters. The number of allylic oxidation sites excluding steroid dienone is 2. The molecule has 1 aliphatic heterocycles. The van der Waals surface area contributed by atoms with Gasteiger partial charge in [0, 0.05) is 18.8 Å². The van der Waals surface area contributed by atoms with Crippen LogP contribution in [0.2, 0.25) is 36.3 Å². The van der Waals surface area contributed by atoms with Gasteiger partial charge in [0.15, 0.2) is 22.7 Å². The van der Waals surface area contributed by atoms with E-state index in [-0.39, 0.29) is 64.2 Å². The first-order chi connectivity index (χ1) is 23.1. The Morgan fingerprint density at radius 2 is 1.62 bits per heavy atom. The van der Waals surface area contributed by atoms with Crippen molar-refractivity contribution in [3.8, 4) is 5.75 Å². The van der Waals surface area contributed by atoms with Crippen molar-refractivity contribution >= 4 is 44.5 Å². The highest BCUT2D eigenvalue weighted by atomic mass is 79.9. The van der Waals surface area contributed by atoms with Crippen LogP contribution in [-0.4, -0.2) is 59.1 Å². The molecule has 280 valence electrons. The van der Waals surface area contributed by atoms with E-state index >= 15 is 0 Å². The minimum absolute atomic E-state index is 0.00208. The Morgan fingerprint density at radius 1 is 0.980 bits per heavy atom. The fourth-order valence-corrected chi connectivity index (χ4v) is 9.93. The van der Waals surface area contributed by atoms with Gasteiger partial charge in [-0.25, -0.2) is 4.79 Å². The number of hydrogen-bond acceptors (Lipinski definition) is 7. The molecule has 0 bridgehead atoms. The van der Waals surface area contributed by atoms with Crippen molar-refractivity contribution in [2.45, 2.75) is 161 Å². The SMILES string of the molecule is CCC(Oc1ccccc1Br)C(=O)O[C@H]1C[C@H](O[Si](C)(C)C(C)(C)C)C=C2C=C[C@H](C)[C@H](CC[C@@H]3C[C@@H](O[Si](C)(C)C(C)(C)C)CC(=O)O3)[C@H]21. The molecule has 1 aromatic rings. The number of benzene rings is 1. The molecule has 1 fully saturated rings. The summed E-state index contributed by atoms with van der Waals surface area (Å²) in [7, 11) is -4.15. The van der Waals surface area contributed by atoms with Crippen LogP contribution in [0.3, 0.4) is 0 Å². The van der Waals surface area contributed by atoms with Gasteiger partial charge in [-0.15, -0.1) is 0 Å². The fourth-order valence-electron chi connectivity index (χ4n) is 6.91. The van der Waals surface area contributed by atoms with E-state index in [1.165, 1.54) is 5.57 Å². The van der Waals surface area contributed by atoms with Crippen molar-refractivity contribution < 1.29 is 32.7 Å². The van der Waals surface area contributed by atoms with Crippen molar-refractivity contribution in [1.82, 2.24) is 0 Å². The van der Waals surface area contributed by atoms with Crippen LogP contribution >= 0.6 is 15.9 Å². The molecule has 50 heavy (non-hydrogen) atoms. The third-order valence-corrected chi connectivity index (χ3v) is 21.6. The average Bonchev–Trinajstić information content (AvgIpc) is 2.98. The molecule has 0 amide bonds. The van der Waals surface area contributed by atoms with Crippen molar-refractivity contribution in [2.75, 3.05) is 0 Å². The van der Waals surface area contributed by atoms with Gasteiger partial charge < -0.3 is 23.1 Å². The van der Waals surface area contributed by atoms with Gasteiger partial charge in [0.25, 0.3) is 0 Å². The van der Waals surface area contributed by atoms with Gasteiger partial charge in [0.2, 0.25) is 0 Å². The Bertz CT molecular complexity index is 1410. The Hall–Kier alpha value is -1.73. The Labute approximate surface area is 312 Å². The maximum Gasteiger partial charge on any atom is 0.347 e. The Balaban J connectivity index is 1.57. The van der Waals surface area contributed by atoms with Gasteiger partial charge in [-0.1, -0.05) is 85.8 Å². The summed E-state index contributed by atoms with van der Waals surface area (Å²) in [6.07, 6.45) is 8.87. The van der Waals surface area contributed by atoms with E-state index in [9.17, 15) is 9.59 Å². The normalized spacial score (nSPS) is 28.3. The lowest BCUT2D eigenvalue weighted by Crippen LogP contribution is -2.49. The van der Waals surface area contributed by atoms with Gasteiger partial charge in [-0.05, 0) is 101 Å². The quantitative estimate of drug-likeness (QED) is 0.154. The lowest BCUT2D eigenvalue weighted by Gasteiger charge is -2.46. The number of esters is 2. The molecule has 4 rings (SSSR count). The zero-order chi connectivity index (χ0) is 37.2. The summed E-state index contributed by atoms with van der Waals surface area (Å²) >= 11 is 3.55. The fraction of sp³-hybridized carbons (Fsp3) is 0.700. The number of rotatable bonds is 12. The maximum absolute atomic E-state index is 13.9. The molecule has 10 heteroatoms. The van der Waals surface area contributed by atoms with E-state index in [1.54, 1.807) is 0 Å². The van der Waals surface area contributed by atoms with Gasteiger partial charge in [0.1, 0.15) is 18.0 Å². The average molecular weight is 792 g/mol.